The van der Waals surface area contributed by atoms with Crippen LogP contribution in [-0.2, 0) is 69.4 Å². The van der Waals surface area contributed by atoms with Gasteiger partial charge in [-0.15, -0.1) is 0 Å². The van der Waals surface area contributed by atoms with Crippen molar-refractivity contribution in [2.75, 3.05) is 0 Å². The lowest BCUT2D eigenvalue weighted by Gasteiger charge is -2.31. The minimum atomic E-state index is -1.83. The van der Waals surface area contributed by atoms with Crippen molar-refractivity contribution in [3.63, 3.8) is 0 Å². The first-order valence-corrected chi connectivity index (χ1v) is 19.7. The topological polar surface area (TPSA) is 183 Å². The second-order valence-corrected chi connectivity index (χ2v) is 15.5. The van der Waals surface area contributed by atoms with Crippen LogP contribution >= 0.6 is 0 Å². The molecule has 4 aromatic heterocycles. The zero-order valence-electron chi connectivity index (χ0n) is 32.9. The van der Waals surface area contributed by atoms with Gasteiger partial charge in [-0.3, -0.25) is 9.59 Å². The number of phenols is 1. The fourth-order valence-corrected chi connectivity index (χ4v) is 9.23. The summed E-state index contributed by atoms with van der Waals surface area (Å²) in [5, 5.41) is 33.8. The number of carbonyl (C=O) groups excluding carboxylic acids is 2. The average molecular weight is 783 g/mol. The lowest BCUT2D eigenvalue weighted by molar-refractivity contribution is -0.172. The summed E-state index contributed by atoms with van der Waals surface area (Å²) in [7, 11) is 0. The number of hydrogen-bond acceptors (Lipinski definition) is 11. The Bertz CT molecular complexity index is 2750. The molecule has 0 aliphatic carbocycles. The number of esters is 2. The predicted molar refractivity (Wildman–Crippen MR) is 214 cm³/mol. The highest BCUT2D eigenvalue weighted by Gasteiger charge is 2.47. The monoisotopic (exact) mass is 782 g/mol. The third-order valence-electron chi connectivity index (χ3n) is 12.5. The van der Waals surface area contributed by atoms with E-state index in [-0.39, 0.29) is 42.9 Å². The van der Waals surface area contributed by atoms with Gasteiger partial charge in [-0.2, -0.15) is 0 Å². The number of nitrogens with zero attached hydrogens (tertiary/aromatic N) is 4. The van der Waals surface area contributed by atoms with E-state index in [0.29, 0.717) is 58.8 Å². The second-order valence-electron chi connectivity index (χ2n) is 15.5. The fourth-order valence-electron chi connectivity index (χ4n) is 9.23. The van der Waals surface area contributed by atoms with Crippen LogP contribution in [0.25, 0.3) is 44.6 Å². The number of aromatic hydroxyl groups is 1. The van der Waals surface area contributed by atoms with Crippen molar-refractivity contribution in [1.29, 1.82) is 0 Å². The highest BCUT2D eigenvalue weighted by Crippen LogP contribution is 2.42. The van der Waals surface area contributed by atoms with Crippen molar-refractivity contribution in [3.05, 3.63) is 119 Å². The van der Waals surface area contributed by atoms with Crippen LogP contribution < -0.4 is 11.1 Å². The van der Waals surface area contributed by atoms with Gasteiger partial charge in [0.1, 0.15) is 19.0 Å². The predicted octanol–water partition coefficient (Wildman–Crippen LogP) is 5.30. The summed E-state index contributed by atoms with van der Waals surface area (Å²) in [6.45, 7) is 10.1. The molecule has 0 radical (unpaired) electrons. The minimum Gasteiger partial charge on any atom is -0.508 e. The van der Waals surface area contributed by atoms with E-state index < -0.39 is 23.1 Å². The molecule has 13 nitrogen and oxygen atoms in total. The van der Waals surface area contributed by atoms with Gasteiger partial charge in [0, 0.05) is 33.0 Å². The van der Waals surface area contributed by atoms with Crippen LogP contribution in [0.15, 0.2) is 58.1 Å². The van der Waals surface area contributed by atoms with Crippen LogP contribution in [0.1, 0.15) is 90.6 Å². The van der Waals surface area contributed by atoms with Gasteiger partial charge in [-0.25, -0.2) is 19.6 Å². The van der Waals surface area contributed by atoms with Crippen molar-refractivity contribution in [1.82, 2.24) is 19.1 Å². The zero-order chi connectivity index (χ0) is 41.0. The molecule has 3 N–H and O–H groups in total. The maximum Gasteiger partial charge on any atom is 0.343 e. The van der Waals surface area contributed by atoms with E-state index in [2.05, 4.69) is 19.9 Å². The van der Waals surface area contributed by atoms with Crippen LogP contribution in [-0.4, -0.2) is 46.4 Å². The molecule has 0 saturated heterocycles. The summed E-state index contributed by atoms with van der Waals surface area (Å²) in [5.41, 5.74) is 6.84. The highest BCUT2D eigenvalue weighted by molar-refractivity contribution is 5.91. The number of rotatable bonds is 4. The molecule has 0 saturated carbocycles. The van der Waals surface area contributed by atoms with Gasteiger partial charge in [0.15, 0.2) is 11.2 Å². The smallest absolute Gasteiger partial charge is 0.343 e. The SMILES string of the molecule is CCc1c2c(nc3ccc(C)cc13)-c1cc3c(c(=O)n1C2)COC(=O)[C@]3(O)CC.CCc1c2c(nc3ccc(O)cc13)-c1cc3c(c(=O)n1C2)COC(=O)[C@]3(O)CC. The van der Waals surface area contributed by atoms with Gasteiger partial charge in [0.05, 0.1) is 58.0 Å². The number of carbonyl (C=O) groups is 2. The summed E-state index contributed by atoms with van der Waals surface area (Å²) in [5.74, 6) is -1.27. The van der Waals surface area contributed by atoms with E-state index in [4.69, 9.17) is 19.4 Å². The molecule has 6 aromatic rings. The molecule has 8 heterocycles. The maximum absolute atomic E-state index is 13.3. The van der Waals surface area contributed by atoms with E-state index in [1.54, 1.807) is 53.3 Å². The zero-order valence-corrected chi connectivity index (χ0v) is 32.9. The number of aliphatic hydroxyl groups is 2. The fraction of sp³-hybridized carbons (Fsp3) is 0.333. The first kappa shape index (κ1) is 37.4. The molecule has 2 aromatic carbocycles. The number of aryl methyl sites for hydroxylation is 3. The number of hydrogen-bond donors (Lipinski definition) is 3. The average Bonchev–Trinajstić information content (AvgIpc) is 3.78. The van der Waals surface area contributed by atoms with Crippen molar-refractivity contribution in [3.8, 4) is 28.5 Å². The first-order valence-electron chi connectivity index (χ1n) is 19.7. The third-order valence-corrected chi connectivity index (χ3v) is 12.5. The molecule has 58 heavy (non-hydrogen) atoms. The summed E-state index contributed by atoms with van der Waals surface area (Å²) >= 11 is 0. The molecule has 13 heteroatoms. The molecule has 0 unspecified atom stereocenters. The van der Waals surface area contributed by atoms with Gasteiger partial charge in [-0.05, 0) is 86.2 Å². The van der Waals surface area contributed by atoms with E-state index in [9.17, 15) is 34.5 Å². The first-order chi connectivity index (χ1) is 27.8. The van der Waals surface area contributed by atoms with Crippen LogP contribution in [0.4, 0.5) is 0 Å². The number of fused-ring (bicyclic) bond motifs is 10. The summed E-state index contributed by atoms with van der Waals surface area (Å²) in [4.78, 5) is 60.7. The molecule has 4 aliphatic heterocycles. The Morgan fingerprint density at radius 2 is 1.09 bits per heavy atom. The van der Waals surface area contributed by atoms with Crippen molar-refractivity contribution >= 4 is 33.7 Å². The third kappa shape index (κ3) is 5.15. The Morgan fingerprint density at radius 3 is 1.53 bits per heavy atom. The summed E-state index contributed by atoms with van der Waals surface area (Å²) in [6, 6.07) is 14.7. The maximum atomic E-state index is 13.3. The molecule has 2 atom stereocenters. The van der Waals surface area contributed by atoms with E-state index >= 15 is 0 Å². The molecule has 0 amide bonds. The van der Waals surface area contributed by atoms with Gasteiger partial charge < -0.3 is 33.9 Å². The largest absolute Gasteiger partial charge is 0.508 e. The van der Waals surface area contributed by atoms with E-state index in [0.717, 1.165) is 50.6 Å². The summed E-state index contributed by atoms with van der Waals surface area (Å²) in [6.07, 6.45) is 1.79. The summed E-state index contributed by atoms with van der Waals surface area (Å²) < 4.78 is 13.6. The van der Waals surface area contributed by atoms with Gasteiger partial charge in [0.2, 0.25) is 0 Å². The number of ether oxygens (including phenoxy) is 2. The molecule has 10 rings (SSSR count). The lowest BCUT2D eigenvalue weighted by atomic mass is 9.86. The van der Waals surface area contributed by atoms with Crippen molar-refractivity contribution in [2.45, 2.75) is 97.8 Å². The number of aromatic nitrogens is 4. The van der Waals surface area contributed by atoms with Gasteiger partial charge in [0.25, 0.3) is 11.1 Å². The molecule has 0 spiro atoms. The standard InChI is InChI=1S/C23H22N2O4.C22H20N2O5/c1-4-13-14-8-12(3)6-7-18(14)24-20-15(13)10-25-19(20)9-17-16(21(25)26)11-29-22(27)23(17,28)5-2;1-3-12-13-7-11(25)5-6-17(13)23-19-14(12)9-24-18(19)8-16-15(20(24)26)10-29-21(27)22(16,28)4-2/h6-9,28H,4-5,10-11H2,1-3H3;5-8,25,28H,3-4,9-10H2,1-2H3/t23-;22-/m00/s1. The molecule has 0 bridgehead atoms. The Kier molecular flexibility index (Phi) is 8.50. The van der Waals surface area contributed by atoms with Crippen LogP contribution in [0.2, 0.25) is 0 Å². The molecule has 0 fully saturated rings. The number of cyclic esters (lactones) is 2. The molecule has 296 valence electrons. The van der Waals surface area contributed by atoms with Crippen molar-refractivity contribution < 1.29 is 34.4 Å². The number of phenolic OH excluding ortho intramolecular Hbond substituents is 1. The Morgan fingerprint density at radius 1 is 0.638 bits per heavy atom. The molecular weight excluding hydrogens is 741 g/mol. The van der Waals surface area contributed by atoms with Crippen molar-refractivity contribution in [2.24, 2.45) is 0 Å². The Balaban J connectivity index is 0.000000150. The Hall–Kier alpha value is -6.18. The second kappa shape index (κ2) is 13.2. The number of pyridine rings is 4. The van der Waals surface area contributed by atoms with Crippen LogP contribution in [0, 0.1) is 6.92 Å². The van der Waals surface area contributed by atoms with Gasteiger partial charge >= 0.3 is 11.9 Å². The minimum absolute atomic E-state index is 0.110. The number of benzene rings is 2. The van der Waals surface area contributed by atoms with Gasteiger partial charge in [-0.1, -0.05) is 39.3 Å². The van der Waals surface area contributed by atoms with Crippen LogP contribution in [0.3, 0.4) is 0 Å². The van der Waals surface area contributed by atoms with E-state index in [1.165, 1.54) is 11.1 Å². The Labute approximate surface area is 332 Å². The lowest BCUT2D eigenvalue weighted by Crippen LogP contribution is -2.44. The molecular formula is C45H42N4O9. The van der Waals surface area contributed by atoms with E-state index in [1.807, 2.05) is 19.1 Å². The molecule has 4 aliphatic rings. The quantitative estimate of drug-likeness (QED) is 0.197. The van der Waals surface area contributed by atoms with Crippen LogP contribution in [0.5, 0.6) is 5.75 Å². The normalized spacial score (nSPS) is 19.6. The highest BCUT2D eigenvalue weighted by atomic mass is 16.6.